The van der Waals surface area contributed by atoms with Crippen LogP contribution in [0, 0.1) is 5.82 Å². The van der Waals surface area contributed by atoms with Gasteiger partial charge in [-0.25, -0.2) is 4.39 Å². The molecule has 1 aromatic carbocycles. The molecular formula is C16H18ClFN2O. The maximum absolute atomic E-state index is 14.1. The average Bonchev–Trinajstić information content (AvgIpc) is 2.45. The maximum atomic E-state index is 14.1. The second-order valence-electron chi connectivity index (χ2n) is 4.77. The molecule has 0 amide bonds. The molecule has 0 saturated carbocycles. The molecule has 3 nitrogen and oxygen atoms in total. The van der Waals surface area contributed by atoms with Crippen molar-refractivity contribution in [3.8, 4) is 11.5 Å². The molecule has 0 spiro atoms. The van der Waals surface area contributed by atoms with Gasteiger partial charge in [-0.15, -0.1) is 0 Å². The standard InChI is InChI=1S/C16H18ClFN2O/c1-3-7-20-11(2)16-14(18)5-4-6-15(16)21-13-8-12(17)9-19-10-13/h4-6,8-11,20H,3,7H2,1-2H3. The van der Waals surface area contributed by atoms with Crippen molar-refractivity contribution in [2.45, 2.75) is 26.3 Å². The minimum absolute atomic E-state index is 0.145. The zero-order valence-electron chi connectivity index (χ0n) is 12.1. The van der Waals surface area contributed by atoms with Gasteiger partial charge in [0.1, 0.15) is 17.3 Å². The first-order chi connectivity index (χ1) is 10.1. The third kappa shape index (κ3) is 4.16. The highest BCUT2D eigenvalue weighted by atomic mass is 35.5. The molecule has 5 heteroatoms. The maximum Gasteiger partial charge on any atom is 0.147 e. The van der Waals surface area contributed by atoms with Crippen LogP contribution >= 0.6 is 11.6 Å². The van der Waals surface area contributed by atoms with E-state index in [-0.39, 0.29) is 11.9 Å². The van der Waals surface area contributed by atoms with Gasteiger partial charge in [0.15, 0.2) is 0 Å². The Kier molecular flexibility index (Phi) is 5.53. The monoisotopic (exact) mass is 308 g/mol. The number of nitrogens with one attached hydrogen (secondary N) is 1. The van der Waals surface area contributed by atoms with Crippen molar-refractivity contribution in [1.82, 2.24) is 10.3 Å². The predicted octanol–water partition coefficient (Wildman–Crippen LogP) is 4.73. The van der Waals surface area contributed by atoms with Crippen LogP contribution in [-0.4, -0.2) is 11.5 Å². The van der Waals surface area contributed by atoms with Crippen LogP contribution in [0.3, 0.4) is 0 Å². The molecule has 112 valence electrons. The van der Waals surface area contributed by atoms with Gasteiger partial charge < -0.3 is 10.1 Å². The Bertz CT molecular complexity index is 607. The SMILES string of the molecule is CCCNC(C)c1c(F)cccc1Oc1cncc(Cl)c1. The lowest BCUT2D eigenvalue weighted by Crippen LogP contribution is -2.20. The van der Waals surface area contributed by atoms with E-state index in [1.807, 2.05) is 6.92 Å². The van der Waals surface area contributed by atoms with Gasteiger partial charge in [-0.3, -0.25) is 4.98 Å². The van der Waals surface area contributed by atoms with Gasteiger partial charge in [0, 0.05) is 23.9 Å². The Morgan fingerprint density at radius 3 is 2.90 bits per heavy atom. The van der Waals surface area contributed by atoms with Crippen LogP contribution in [0.15, 0.2) is 36.7 Å². The molecule has 0 fully saturated rings. The first-order valence-corrected chi connectivity index (χ1v) is 7.29. The molecule has 0 radical (unpaired) electrons. The molecule has 1 aromatic heterocycles. The number of aromatic nitrogens is 1. The van der Waals surface area contributed by atoms with Gasteiger partial charge in [-0.2, -0.15) is 0 Å². The van der Waals surface area contributed by atoms with Gasteiger partial charge in [0.25, 0.3) is 0 Å². The average molecular weight is 309 g/mol. The Hall–Kier alpha value is -1.65. The summed E-state index contributed by atoms with van der Waals surface area (Å²) in [4.78, 5) is 3.96. The zero-order chi connectivity index (χ0) is 15.2. The molecular weight excluding hydrogens is 291 g/mol. The minimum Gasteiger partial charge on any atom is -0.455 e. The van der Waals surface area contributed by atoms with Crippen molar-refractivity contribution in [3.05, 3.63) is 53.1 Å². The second kappa shape index (κ2) is 7.38. The fraction of sp³-hybridized carbons (Fsp3) is 0.312. The quantitative estimate of drug-likeness (QED) is 0.838. The van der Waals surface area contributed by atoms with Crippen LogP contribution in [-0.2, 0) is 0 Å². The third-order valence-electron chi connectivity index (χ3n) is 3.05. The Morgan fingerprint density at radius 2 is 2.19 bits per heavy atom. The van der Waals surface area contributed by atoms with Crippen molar-refractivity contribution in [3.63, 3.8) is 0 Å². The summed E-state index contributed by atoms with van der Waals surface area (Å²) in [6.45, 7) is 4.79. The first kappa shape index (κ1) is 15.7. The molecule has 0 aliphatic rings. The van der Waals surface area contributed by atoms with E-state index in [1.165, 1.54) is 12.3 Å². The lowest BCUT2D eigenvalue weighted by atomic mass is 10.1. The number of benzene rings is 1. The van der Waals surface area contributed by atoms with Crippen LogP contribution in [0.2, 0.25) is 5.02 Å². The van der Waals surface area contributed by atoms with Gasteiger partial charge in [0.2, 0.25) is 0 Å². The molecule has 21 heavy (non-hydrogen) atoms. The number of hydrogen-bond acceptors (Lipinski definition) is 3. The Balaban J connectivity index is 2.28. The largest absolute Gasteiger partial charge is 0.455 e. The van der Waals surface area contributed by atoms with Crippen molar-refractivity contribution in [2.24, 2.45) is 0 Å². The van der Waals surface area contributed by atoms with Gasteiger partial charge in [-0.1, -0.05) is 24.6 Å². The predicted molar refractivity (Wildman–Crippen MR) is 82.4 cm³/mol. The van der Waals surface area contributed by atoms with E-state index < -0.39 is 0 Å². The molecule has 0 saturated heterocycles. The van der Waals surface area contributed by atoms with Crippen LogP contribution in [0.25, 0.3) is 0 Å². The van der Waals surface area contributed by atoms with Gasteiger partial charge >= 0.3 is 0 Å². The number of rotatable bonds is 6. The first-order valence-electron chi connectivity index (χ1n) is 6.92. The number of nitrogens with zero attached hydrogens (tertiary/aromatic N) is 1. The fourth-order valence-electron chi connectivity index (χ4n) is 2.06. The van der Waals surface area contributed by atoms with Crippen molar-refractivity contribution in [1.29, 1.82) is 0 Å². The minimum atomic E-state index is -0.293. The number of hydrogen-bond donors (Lipinski definition) is 1. The summed E-state index contributed by atoms with van der Waals surface area (Å²) in [5, 5.41) is 3.74. The molecule has 2 aromatic rings. The Labute approximate surface area is 129 Å². The molecule has 0 bridgehead atoms. The molecule has 1 atom stereocenters. The topological polar surface area (TPSA) is 34.1 Å². The van der Waals surface area contributed by atoms with Gasteiger partial charge in [-0.05, 0) is 32.0 Å². The van der Waals surface area contributed by atoms with E-state index in [2.05, 4.69) is 17.2 Å². The summed E-state index contributed by atoms with van der Waals surface area (Å²) in [7, 11) is 0. The van der Waals surface area contributed by atoms with E-state index >= 15 is 0 Å². The highest BCUT2D eigenvalue weighted by molar-refractivity contribution is 6.30. The lowest BCUT2D eigenvalue weighted by molar-refractivity contribution is 0.444. The van der Waals surface area contributed by atoms with E-state index in [4.69, 9.17) is 16.3 Å². The molecule has 0 aliphatic carbocycles. The highest BCUT2D eigenvalue weighted by Crippen LogP contribution is 2.32. The summed E-state index contributed by atoms with van der Waals surface area (Å²) in [6, 6.07) is 6.30. The van der Waals surface area contributed by atoms with Crippen LogP contribution in [0.1, 0.15) is 31.9 Å². The van der Waals surface area contributed by atoms with Crippen molar-refractivity contribution >= 4 is 11.6 Å². The molecule has 1 heterocycles. The third-order valence-corrected chi connectivity index (χ3v) is 3.26. The fourth-order valence-corrected chi connectivity index (χ4v) is 2.23. The van der Waals surface area contributed by atoms with Gasteiger partial charge in [0.05, 0.1) is 11.2 Å². The summed E-state index contributed by atoms with van der Waals surface area (Å²) in [5.74, 6) is 0.658. The second-order valence-corrected chi connectivity index (χ2v) is 5.20. The van der Waals surface area contributed by atoms with E-state index in [0.29, 0.717) is 22.1 Å². The summed E-state index contributed by atoms with van der Waals surface area (Å²) >= 11 is 5.88. The normalized spacial score (nSPS) is 12.2. The smallest absolute Gasteiger partial charge is 0.147 e. The number of ether oxygens (including phenoxy) is 1. The number of halogens is 2. The number of pyridine rings is 1. The van der Waals surface area contributed by atoms with Crippen LogP contribution in [0.5, 0.6) is 11.5 Å². The highest BCUT2D eigenvalue weighted by Gasteiger charge is 2.17. The van der Waals surface area contributed by atoms with Crippen molar-refractivity contribution < 1.29 is 9.13 Å². The molecule has 0 aliphatic heterocycles. The van der Waals surface area contributed by atoms with Crippen LogP contribution in [0.4, 0.5) is 4.39 Å². The lowest BCUT2D eigenvalue weighted by Gasteiger charge is -2.18. The van der Waals surface area contributed by atoms with E-state index in [9.17, 15) is 4.39 Å². The summed E-state index contributed by atoms with van der Waals surface area (Å²) < 4.78 is 19.9. The van der Waals surface area contributed by atoms with Crippen molar-refractivity contribution in [2.75, 3.05) is 6.54 Å². The molecule has 2 rings (SSSR count). The summed E-state index contributed by atoms with van der Waals surface area (Å²) in [5.41, 5.74) is 0.505. The van der Waals surface area contributed by atoms with E-state index in [0.717, 1.165) is 13.0 Å². The Morgan fingerprint density at radius 1 is 1.38 bits per heavy atom. The van der Waals surface area contributed by atoms with Crippen LogP contribution < -0.4 is 10.1 Å². The molecule has 1 N–H and O–H groups in total. The summed E-state index contributed by atoms with van der Waals surface area (Å²) in [6.07, 6.45) is 4.05. The zero-order valence-corrected chi connectivity index (χ0v) is 12.8. The van der Waals surface area contributed by atoms with E-state index in [1.54, 1.807) is 24.4 Å². The molecule has 1 unspecified atom stereocenters.